The molecule has 0 aliphatic carbocycles. The summed E-state index contributed by atoms with van der Waals surface area (Å²) in [5.74, 6) is 0.314. The second kappa shape index (κ2) is 7.20. The topological polar surface area (TPSA) is 91.0 Å². The fourth-order valence-corrected chi connectivity index (χ4v) is 2.30. The number of nitrogens with one attached hydrogen (secondary N) is 1. The third-order valence-electron chi connectivity index (χ3n) is 3.22. The van der Waals surface area contributed by atoms with E-state index in [0.29, 0.717) is 6.42 Å². The van der Waals surface area contributed by atoms with Crippen molar-refractivity contribution < 1.29 is 10.0 Å². The molecule has 1 fully saturated rings. The van der Waals surface area contributed by atoms with Gasteiger partial charge in [0.15, 0.2) is 0 Å². The molecule has 104 valence electrons. The number of likely N-dealkylation sites (tertiary alicyclic amines) is 1. The Kier molecular flexibility index (Phi) is 5.91. The summed E-state index contributed by atoms with van der Waals surface area (Å²) >= 11 is 0. The summed E-state index contributed by atoms with van der Waals surface area (Å²) in [6, 6.07) is -0.228. The molecular formula is C12H24N4O2. The number of amidine groups is 1. The van der Waals surface area contributed by atoms with Gasteiger partial charge in [-0.05, 0) is 33.1 Å². The van der Waals surface area contributed by atoms with Gasteiger partial charge in [0, 0.05) is 25.6 Å². The average Bonchev–Trinajstić information content (AvgIpc) is 2.38. The molecule has 6 nitrogen and oxygen atoms in total. The number of piperidine rings is 1. The van der Waals surface area contributed by atoms with Crippen molar-refractivity contribution in [1.82, 2.24) is 10.2 Å². The van der Waals surface area contributed by atoms with Gasteiger partial charge in [-0.1, -0.05) is 5.16 Å². The van der Waals surface area contributed by atoms with Gasteiger partial charge >= 0.3 is 0 Å². The van der Waals surface area contributed by atoms with E-state index in [0.717, 1.165) is 25.9 Å². The fourth-order valence-electron chi connectivity index (χ4n) is 2.30. The van der Waals surface area contributed by atoms with E-state index in [-0.39, 0.29) is 23.8 Å². The molecule has 2 unspecified atom stereocenters. The van der Waals surface area contributed by atoms with Crippen molar-refractivity contribution in [3.05, 3.63) is 0 Å². The molecule has 1 heterocycles. The number of hydrogen-bond acceptors (Lipinski definition) is 4. The largest absolute Gasteiger partial charge is 0.409 e. The van der Waals surface area contributed by atoms with Crippen LogP contribution < -0.4 is 11.1 Å². The van der Waals surface area contributed by atoms with Gasteiger partial charge in [0.25, 0.3) is 0 Å². The zero-order valence-corrected chi connectivity index (χ0v) is 11.2. The number of oxime groups is 1. The quantitative estimate of drug-likeness (QED) is 0.289. The lowest BCUT2D eigenvalue weighted by molar-refractivity contribution is -0.134. The molecule has 2 atom stereocenters. The smallest absolute Gasteiger partial charge is 0.239 e. The Morgan fingerprint density at radius 1 is 1.39 bits per heavy atom. The van der Waals surface area contributed by atoms with Crippen molar-refractivity contribution in [1.29, 1.82) is 0 Å². The van der Waals surface area contributed by atoms with Gasteiger partial charge in [-0.3, -0.25) is 4.79 Å². The molecule has 0 aromatic rings. The van der Waals surface area contributed by atoms with Crippen LogP contribution in [0.1, 0.15) is 39.5 Å². The van der Waals surface area contributed by atoms with Crippen LogP contribution in [0.5, 0.6) is 0 Å². The summed E-state index contributed by atoms with van der Waals surface area (Å²) in [6.45, 7) is 5.50. The molecule has 1 rings (SSSR count). The van der Waals surface area contributed by atoms with E-state index < -0.39 is 0 Å². The predicted octanol–water partition coefficient (Wildman–Crippen LogP) is 0.502. The van der Waals surface area contributed by atoms with Gasteiger partial charge in [0.2, 0.25) is 5.91 Å². The molecule has 1 saturated heterocycles. The highest BCUT2D eigenvalue weighted by atomic mass is 16.4. The van der Waals surface area contributed by atoms with Gasteiger partial charge in [-0.25, -0.2) is 0 Å². The number of nitrogens with two attached hydrogens (primary N) is 1. The highest BCUT2D eigenvalue weighted by Gasteiger charge is 2.23. The molecule has 0 bridgehead atoms. The van der Waals surface area contributed by atoms with E-state index >= 15 is 0 Å². The lowest BCUT2D eigenvalue weighted by atomic mass is 10.1. The van der Waals surface area contributed by atoms with Crippen LogP contribution in [0.4, 0.5) is 0 Å². The second-order valence-corrected chi connectivity index (χ2v) is 4.97. The maximum absolute atomic E-state index is 12.1. The van der Waals surface area contributed by atoms with Crippen molar-refractivity contribution in [2.24, 2.45) is 10.9 Å². The molecule has 1 aliphatic rings. The summed E-state index contributed by atoms with van der Waals surface area (Å²) in [4.78, 5) is 14.1. The lowest BCUT2D eigenvalue weighted by Gasteiger charge is -2.30. The van der Waals surface area contributed by atoms with Crippen molar-refractivity contribution in [3.63, 3.8) is 0 Å². The van der Waals surface area contributed by atoms with E-state index in [1.165, 1.54) is 6.42 Å². The first-order valence-corrected chi connectivity index (χ1v) is 6.55. The lowest BCUT2D eigenvalue weighted by Crippen LogP contribution is -2.49. The van der Waals surface area contributed by atoms with E-state index in [2.05, 4.69) is 10.5 Å². The molecule has 0 radical (unpaired) electrons. The standard InChI is InChI=1S/C12H24N4O2/c1-9(8-11(13)15-18)14-10(2)12(17)16-6-4-3-5-7-16/h9-10,14,18H,3-8H2,1-2H3,(H2,13,15). The Morgan fingerprint density at radius 2 is 2.00 bits per heavy atom. The highest BCUT2D eigenvalue weighted by molar-refractivity contribution is 5.82. The average molecular weight is 256 g/mol. The van der Waals surface area contributed by atoms with Gasteiger partial charge in [-0.2, -0.15) is 0 Å². The summed E-state index contributed by atoms with van der Waals surface area (Å²) in [5, 5.41) is 14.6. The van der Waals surface area contributed by atoms with Gasteiger partial charge in [0.05, 0.1) is 6.04 Å². The van der Waals surface area contributed by atoms with Crippen LogP contribution in [0.25, 0.3) is 0 Å². The molecule has 0 aromatic heterocycles. The van der Waals surface area contributed by atoms with Crippen LogP contribution in [0.15, 0.2) is 5.16 Å². The minimum atomic E-state index is -0.232. The van der Waals surface area contributed by atoms with Crippen molar-refractivity contribution >= 4 is 11.7 Å². The molecule has 0 saturated carbocycles. The normalized spacial score (nSPS) is 20.6. The Morgan fingerprint density at radius 3 is 2.56 bits per heavy atom. The molecule has 1 amide bonds. The second-order valence-electron chi connectivity index (χ2n) is 4.97. The minimum absolute atomic E-state index is 0.00430. The van der Waals surface area contributed by atoms with Crippen LogP contribution in [0.2, 0.25) is 0 Å². The Labute approximate surface area is 108 Å². The fraction of sp³-hybridized carbons (Fsp3) is 0.833. The van der Waals surface area contributed by atoms with Crippen LogP contribution in [-0.4, -0.2) is 47.0 Å². The molecule has 0 spiro atoms. The predicted molar refractivity (Wildman–Crippen MR) is 70.5 cm³/mol. The van der Waals surface area contributed by atoms with Crippen molar-refractivity contribution in [3.8, 4) is 0 Å². The first kappa shape index (κ1) is 14.8. The first-order valence-electron chi connectivity index (χ1n) is 6.55. The maximum atomic E-state index is 12.1. The van der Waals surface area contributed by atoms with E-state index in [1.807, 2.05) is 18.7 Å². The van der Waals surface area contributed by atoms with Gasteiger partial charge < -0.3 is 21.2 Å². The molecule has 0 aromatic carbocycles. The van der Waals surface area contributed by atoms with Gasteiger partial charge in [0.1, 0.15) is 5.84 Å². The van der Waals surface area contributed by atoms with E-state index in [1.54, 1.807) is 0 Å². The molecule has 1 aliphatic heterocycles. The van der Waals surface area contributed by atoms with Crippen LogP contribution >= 0.6 is 0 Å². The van der Waals surface area contributed by atoms with Gasteiger partial charge in [-0.15, -0.1) is 0 Å². The molecule has 4 N–H and O–H groups in total. The number of carbonyl (C=O) groups is 1. The number of rotatable bonds is 5. The SMILES string of the molecule is CC(CC(N)=NO)NC(C)C(=O)N1CCCCC1. The Bertz CT molecular complexity index is 300. The monoisotopic (exact) mass is 256 g/mol. The summed E-state index contributed by atoms with van der Waals surface area (Å²) in [5.41, 5.74) is 5.43. The van der Waals surface area contributed by atoms with Crippen molar-refractivity contribution in [2.75, 3.05) is 13.1 Å². The van der Waals surface area contributed by atoms with Crippen LogP contribution in [-0.2, 0) is 4.79 Å². The molecule has 6 heteroatoms. The summed E-state index contributed by atoms with van der Waals surface area (Å²) < 4.78 is 0. The third-order valence-corrected chi connectivity index (χ3v) is 3.22. The van der Waals surface area contributed by atoms with Crippen LogP contribution in [0, 0.1) is 0 Å². The number of amides is 1. The number of hydrogen-bond donors (Lipinski definition) is 3. The number of nitrogens with zero attached hydrogens (tertiary/aromatic N) is 2. The van der Waals surface area contributed by atoms with Crippen LogP contribution in [0.3, 0.4) is 0 Å². The molecule has 18 heavy (non-hydrogen) atoms. The van der Waals surface area contributed by atoms with E-state index in [9.17, 15) is 4.79 Å². The van der Waals surface area contributed by atoms with E-state index in [4.69, 9.17) is 10.9 Å². The zero-order valence-electron chi connectivity index (χ0n) is 11.2. The molecular weight excluding hydrogens is 232 g/mol. The maximum Gasteiger partial charge on any atom is 0.239 e. The third kappa shape index (κ3) is 4.52. The number of carbonyl (C=O) groups excluding carboxylic acids is 1. The Balaban J connectivity index is 2.38. The summed E-state index contributed by atoms with van der Waals surface area (Å²) in [7, 11) is 0. The minimum Gasteiger partial charge on any atom is -0.409 e. The highest BCUT2D eigenvalue weighted by Crippen LogP contribution is 2.10. The zero-order chi connectivity index (χ0) is 13.5. The first-order chi connectivity index (χ1) is 8.54. The Hall–Kier alpha value is -1.30. The van der Waals surface area contributed by atoms with Crippen molar-refractivity contribution in [2.45, 2.75) is 51.6 Å². The summed E-state index contributed by atoms with van der Waals surface area (Å²) in [6.07, 6.45) is 3.83.